The minimum atomic E-state index is -0.0899. The van der Waals surface area contributed by atoms with Crippen LogP contribution in [0.2, 0.25) is 0 Å². The second-order valence-electron chi connectivity index (χ2n) is 6.06. The van der Waals surface area contributed by atoms with Crippen molar-refractivity contribution < 1.29 is 9.59 Å². The average molecular weight is 321 g/mol. The van der Waals surface area contributed by atoms with E-state index in [0.717, 1.165) is 13.1 Å². The van der Waals surface area contributed by atoms with Gasteiger partial charge in [0, 0.05) is 19.2 Å². The first-order valence-corrected chi connectivity index (χ1v) is 8.47. The Morgan fingerprint density at radius 3 is 2.70 bits per heavy atom. The predicted octanol–water partition coefficient (Wildman–Crippen LogP) is 1.51. The van der Waals surface area contributed by atoms with Crippen molar-refractivity contribution in [2.45, 2.75) is 51.5 Å². The first-order valence-electron chi connectivity index (χ1n) is 8.47. The number of carbonyl (C=O) groups is 2. The summed E-state index contributed by atoms with van der Waals surface area (Å²) in [5.74, 6) is -0.0108. The maximum Gasteiger partial charge on any atom is 0.237 e. The van der Waals surface area contributed by atoms with Gasteiger partial charge < -0.3 is 10.6 Å². The number of likely N-dealkylation sites (tertiary alicyclic amines) is 1. The fourth-order valence-electron chi connectivity index (χ4n) is 2.80. The molecule has 1 aliphatic heterocycles. The van der Waals surface area contributed by atoms with Crippen LogP contribution in [0, 0.1) is 0 Å². The monoisotopic (exact) mass is 321 g/mol. The second-order valence-corrected chi connectivity index (χ2v) is 6.06. The molecule has 7 nitrogen and oxygen atoms in total. The molecule has 0 bridgehead atoms. The Kier molecular flexibility index (Phi) is 7.06. The molecule has 0 saturated carbocycles. The van der Waals surface area contributed by atoms with Crippen molar-refractivity contribution in [3.8, 4) is 0 Å². The summed E-state index contributed by atoms with van der Waals surface area (Å²) in [5.41, 5.74) is 0.661. The van der Waals surface area contributed by atoms with Gasteiger partial charge in [0.05, 0.1) is 17.9 Å². The average Bonchev–Trinajstić information content (AvgIpc) is 2.90. The number of aromatic amines is 1. The van der Waals surface area contributed by atoms with Crippen molar-refractivity contribution in [3.05, 3.63) is 12.4 Å². The van der Waals surface area contributed by atoms with E-state index in [-0.39, 0.29) is 17.9 Å². The van der Waals surface area contributed by atoms with Gasteiger partial charge in [-0.2, -0.15) is 5.10 Å². The largest absolute Gasteiger partial charge is 0.355 e. The SMILES string of the molecule is C[C@@H](C(=O)NCCCC(=O)Nc1cn[nH]c1)N1CCCCCC1. The molecule has 0 unspecified atom stereocenters. The van der Waals surface area contributed by atoms with Gasteiger partial charge in [-0.25, -0.2) is 0 Å². The van der Waals surface area contributed by atoms with E-state index in [1.54, 1.807) is 12.4 Å². The van der Waals surface area contributed by atoms with Crippen molar-refractivity contribution in [1.82, 2.24) is 20.4 Å². The van der Waals surface area contributed by atoms with Crippen LogP contribution in [-0.4, -0.2) is 52.6 Å². The third kappa shape index (κ3) is 6.02. The van der Waals surface area contributed by atoms with Gasteiger partial charge in [-0.05, 0) is 39.3 Å². The fourth-order valence-corrected chi connectivity index (χ4v) is 2.80. The van der Waals surface area contributed by atoms with E-state index in [4.69, 9.17) is 0 Å². The molecule has 23 heavy (non-hydrogen) atoms. The second kappa shape index (κ2) is 9.29. The van der Waals surface area contributed by atoms with E-state index < -0.39 is 0 Å². The number of amides is 2. The topological polar surface area (TPSA) is 90.1 Å². The van der Waals surface area contributed by atoms with Crippen LogP contribution in [0.25, 0.3) is 0 Å². The van der Waals surface area contributed by atoms with E-state index >= 15 is 0 Å². The lowest BCUT2D eigenvalue weighted by atomic mass is 10.2. The molecule has 7 heteroatoms. The molecule has 1 aromatic heterocycles. The molecule has 2 amide bonds. The molecule has 0 aliphatic carbocycles. The lowest BCUT2D eigenvalue weighted by molar-refractivity contribution is -0.126. The first kappa shape index (κ1) is 17.5. The molecule has 1 aromatic rings. The first-order chi connectivity index (χ1) is 11.2. The van der Waals surface area contributed by atoms with E-state index in [2.05, 4.69) is 25.7 Å². The van der Waals surface area contributed by atoms with Crippen LogP contribution < -0.4 is 10.6 Å². The van der Waals surface area contributed by atoms with E-state index in [0.29, 0.717) is 25.1 Å². The van der Waals surface area contributed by atoms with Gasteiger partial charge in [-0.1, -0.05) is 12.8 Å². The predicted molar refractivity (Wildman–Crippen MR) is 89.0 cm³/mol. The Bertz CT molecular complexity index is 481. The Hall–Kier alpha value is -1.89. The quantitative estimate of drug-likeness (QED) is 0.664. The maximum absolute atomic E-state index is 12.2. The molecule has 1 atom stereocenters. The summed E-state index contributed by atoms with van der Waals surface area (Å²) < 4.78 is 0. The molecular formula is C16H27N5O2. The van der Waals surface area contributed by atoms with Crippen LogP contribution in [0.15, 0.2) is 12.4 Å². The molecule has 1 fully saturated rings. The Morgan fingerprint density at radius 1 is 1.30 bits per heavy atom. The fraction of sp³-hybridized carbons (Fsp3) is 0.688. The number of nitrogens with one attached hydrogen (secondary N) is 3. The summed E-state index contributed by atoms with van der Waals surface area (Å²) in [6.45, 7) is 4.49. The molecule has 0 radical (unpaired) electrons. The van der Waals surface area contributed by atoms with Gasteiger partial charge in [0.2, 0.25) is 11.8 Å². The zero-order valence-electron chi connectivity index (χ0n) is 13.8. The summed E-state index contributed by atoms with van der Waals surface area (Å²) in [6.07, 6.45) is 9.06. The zero-order chi connectivity index (χ0) is 16.5. The molecule has 1 saturated heterocycles. The highest BCUT2D eigenvalue weighted by molar-refractivity contribution is 5.90. The highest BCUT2D eigenvalue weighted by Gasteiger charge is 2.21. The van der Waals surface area contributed by atoms with Crippen molar-refractivity contribution >= 4 is 17.5 Å². The number of anilines is 1. The van der Waals surface area contributed by atoms with Crippen LogP contribution in [0.5, 0.6) is 0 Å². The number of rotatable bonds is 7. The summed E-state index contributed by atoms with van der Waals surface area (Å²) in [5, 5.41) is 12.1. The third-order valence-electron chi connectivity index (χ3n) is 4.23. The summed E-state index contributed by atoms with van der Waals surface area (Å²) in [6, 6.07) is -0.0899. The molecule has 0 spiro atoms. The van der Waals surface area contributed by atoms with Gasteiger partial charge in [0.1, 0.15) is 0 Å². The molecular weight excluding hydrogens is 294 g/mol. The van der Waals surface area contributed by atoms with E-state index in [1.807, 2.05) is 6.92 Å². The van der Waals surface area contributed by atoms with Crippen molar-refractivity contribution in [2.75, 3.05) is 25.0 Å². The third-order valence-corrected chi connectivity index (χ3v) is 4.23. The Labute approximate surface area is 137 Å². The van der Waals surface area contributed by atoms with Crippen molar-refractivity contribution in [3.63, 3.8) is 0 Å². The minimum Gasteiger partial charge on any atom is -0.355 e. The molecule has 3 N–H and O–H groups in total. The van der Waals surface area contributed by atoms with Crippen LogP contribution in [-0.2, 0) is 9.59 Å². The summed E-state index contributed by atoms with van der Waals surface area (Å²) >= 11 is 0. The molecule has 128 valence electrons. The number of nitrogens with zero attached hydrogens (tertiary/aromatic N) is 2. The smallest absolute Gasteiger partial charge is 0.237 e. The lowest BCUT2D eigenvalue weighted by Crippen LogP contribution is -2.45. The summed E-state index contributed by atoms with van der Waals surface area (Å²) in [7, 11) is 0. The van der Waals surface area contributed by atoms with Gasteiger partial charge >= 0.3 is 0 Å². The summed E-state index contributed by atoms with van der Waals surface area (Å²) in [4.78, 5) is 26.1. The van der Waals surface area contributed by atoms with E-state index in [1.165, 1.54) is 25.7 Å². The number of aromatic nitrogens is 2. The maximum atomic E-state index is 12.2. The number of hydrogen-bond acceptors (Lipinski definition) is 4. The highest BCUT2D eigenvalue weighted by Crippen LogP contribution is 2.12. The zero-order valence-corrected chi connectivity index (χ0v) is 13.8. The van der Waals surface area contributed by atoms with Gasteiger partial charge in [0.15, 0.2) is 0 Å². The van der Waals surface area contributed by atoms with Crippen molar-refractivity contribution in [1.29, 1.82) is 0 Å². The minimum absolute atomic E-state index is 0.0575. The normalized spacial score (nSPS) is 17.3. The highest BCUT2D eigenvalue weighted by atomic mass is 16.2. The van der Waals surface area contributed by atoms with Crippen LogP contribution >= 0.6 is 0 Å². The van der Waals surface area contributed by atoms with Crippen LogP contribution in [0.4, 0.5) is 5.69 Å². The Balaban J connectivity index is 1.61. The molecule has 2 rings (SSSR count). The number of H-pyrrole nitrogens is 1. The van der Waals surface area contributed by atoms with E-state index in [9.17, 15) is 9.59 Å². The van der Waals surface area contributed by atoms with Gasteiger partial charge in [0.25, 0.3) is 0 Å². The molecule has 1 aliphatic rings. The van der Waals surface area contributed by atoms with Crippen LogP contribution in [0.3, 0.4) is 0 Å². The van der Waals surface area contributed by atoms with Crippen LogP contribution in [0.1, 0.15) is 45.4 Å². The molecule has 2 heterocycles. The number of carbonyl (C=O) groups excluding carboxylic acids is 2. The Morgan fingerprint density at radius 2 is 2.04 bits per heavy atom. The molecule has 0 aromatic carbocycles. The number of hydrogen-bond donors (Lipinski definition) is 3. The standard InChI is InChI=1S/C16H27N5O2/c1-13(21-9-4-2-3-5-10-21)16(23)17-8-6-7-15(22)20-14-11-18-19-12-14/h11-13H,2-10H2,1H3,(H,17,23)(H,18,19)(H,20,22)/t13-/m0/s1. The lowest BCUT2D eigenvalue weighted by Gasteiger charge is -2.26. The van der Waals surface area contributed by atoms with Crippen molar-refractivity contribution in [2.24, 2.45) is 0 Å². The van der Waals surface area contributed by atoms with Gasteiger partial charge in [-0.3, -0.25) is 19.6 Å². The van der Waals surface area contributed by atoms with Gasteiger partial charge in [-0.15, -0.1) is 0 Å².